The standard InChI is InChI=1S/C12H10BrN3O2/c1-16(9-3-2-4-14-7-9)11-10(12(17)18)5-8(13)6-15-11/h2-7H,1H3,(H,17,18). The molecule has 2 aromatic heterocycles. The van der Waals surface area contributed by atoms with E-state index >= 15 is 0 Å². The lowest BCUT2D eigenvalue weighted by atomic mass is 10.2. The van der Waals surface area contributed by atoms with Crippen LogP contribution >= 0.6 is 15.9 Å². The highest BCUT2D eigenvalue weighted by Gasteiger charge is 2.16. The predicted molar refractivity (Wildman–Crippen MR) is 71.2 cm³/mol. The van der Waals surface area contributed by atoms with Crippen LogP contribution in [0, 0.1) is 0 Å². The van der Waals surface area contributed by atoms with E-state index in [0.29, 0.717) is 10.3 Å². The van der Waals surface area contributed by atoms with Crippen molar-refractivity contribution < 1.29 is 9.90 Å². The molecule has 2 rings (SSSR count). The van der Waals surface area contributed by atoms with Gasteiger partial charge in [-0.1, -0.05) is 0 Å². The van der Waals surface area contributed by atoms with E-state index in [-0.39, 0.29) is 5.56 Å². The molecule has 0 fully saturated rings. The number of anilines is 2. The third-order valence-corrected chi connectivity index (χ3v) is 2.85. The molecule has 0 aliphatic rings. The van der Waals surface area contributed by atoms with Crippen LogP contribution in [-0.4, -0.2) is 28.1 Å². The van der Waals surface area contributed by atoms with E-state index in [0.717, 1.165) is 5.69 Å². The van der Waals surface area contributed by atoms with Crippen molar-refractivity contribution in [2.75, 3.05) is 11.9 Å². The highest BCUT2D eigenvalue weighted by molar-refractivity contribution is 9.10. The molecule has 0 unspecified atom stereocenters. The summed E-state index contributed by atoms with van der Waals surface area (Å²) in [5.74, 6) is -0.645. The lowest BCUT2D eigenvalue weighted by Crippen LogP contribution is -2.16. The van der Waals surface area contributed by atoms with Crippen molar-refractivity contribution in [3.8, 4) is 0 Å². The largest absolute Gasteiger partial charge is 0.478 e. The third kappa shape index (κ3) is 2.48. The lowest BCUT2D eigenvalue weighted by Gasteiger charge is -2.19. The topological polar surface area (TPSA) is 66.3 Å². The van der Waals surface area contributed by atoms with E-state index in [1.807, 2.05) is 6.07 Å². The monoisotopic (exact) mass is 307 g/mol. The molecule has 0 bridgehead atoms. The van der Waals surface area contributed by atoms with Crippen LogP contribution in [0.5, 0.6) is 0 Å². The Morgan fingerprint density at radius 1 is 1.44 bits per heavy atom. The van der Waals surface area contributed by atoms with E-state index in [1.54, 1.807) is 36.6 Å². The minimum absolute atomic E-state index is 0.135. The Morgan fingerprint density at radius 3 is 2.83 bits per heavy atom. The van der Waals surface area contributed by atoms with Gasteiger partial charge < -0.3 is 10.0 Å². The Labute approximate surface area is 112 Å². The second kappa shape index (κ2) is 5.14. The number of hydrogen-bond donors (Lipinski definition) is 1. The van der Waals surface area contributed by atoms with Crippen LogP contribution < -0.4 is 4.90 Å². The Hall–Kier alpha value is -1.95. The molecular weight excluding hydrogens is 298 g/mol. The summed E-state index contributed by atoms with van der Waals surface area (Å²) < 4.78 is 0.628. The summed E-state index contributed by atoms with van der Waals surface area (Å²) in [6.45, 7) is 0. The van der Waals surface area contributed by atoms with Gasteiger partial charge in [0.15, 0.2) is 0 Å². The Balaban J connectivity index is 2.48. The fraction of sp³-hybridized carbons (Fsp3) is 0.0833. The minimum atomic E-state index is -1.02. The molecule has 0 atom stereocenters. The fourth-order valence-corrected chi connectivity index (χ4v) is 1.86. The summed E-state index contributed by atoms with van der Waals surface area (Å²) in [7, 11) is 1.75. The molecule has 0 radical (unpaired) electrons. The number of aromatic carboxylic acids is 1. The first-order valence-corrected chi connectivity index (χ1v) is 5.91. The number of carboxylic acid groups (broad SMARTS) is 1. The van der Waals surface area contributed by atoms with Crippen LogP contribution in [-0.2, 0) is 0 Å². The van der Waals surface area contributed by atoms with Crippen LogP contribution in [0.4, 0.5) is 11.5 Å². The van der Waals surface area contributed by atoms with Gasteiger partial charge in [-0.05, 0) is 34.1 Å². The highest BCUT2D eigenvalue weighted by atomic mass is 79.9. The fourth-order valence-electron chi connectivity index (χ4n) is 1.53. The number of carbonyl (C=O) groups is 1. The summed E-state index contributed by atoms with van der Waals surface area (Å²) in [6, 6.07) is 5.14. The molecule has 0 aliphatic heterocycles. The van der Waals surface area contributed by atoms with Gasteiger partial charge in [0.2, 0.25) is 0 Å². The van der Waals surface area contributed by atoms with Crippen LogP contribution in [0.25, 0.3) is 0 Å². The van der Waals surface area contributed by atoms with Gasteiger partial charge in [-0.2, -0.15) is 0 Å². The number of nitrogens with zero attached hydrogens (tertiary/aromatic N) is 3. The average Bonchev–Trinajstić information content (AvgIpc) is 2.39. The first-order valence-electron chi connectivity index (χ1n) is 5.12. The Bertz CT molecular complexity index is 575. The maximum atomic E-state index is 11.2. The molecule has 2 aromatic rings. The number of pyridine rings is 2. The molecular formula is C12H10BrN3O2. The summed E-state index contributed by atoms with van der Waals surface area (Å²) in [5, 5.41) is 9.18. The van der Waals surface area contributed by atoms with Crippen molar-refractivity contribution in [2.24, 2.45) is 0 Å². The minimum Gasteiger partial charge on any atom is -0.478 e. The van der Waals surface area contributed by atoms with Crippen molar-refractivity contribution in [1.82, 2.24) is 9.97 Å². The molecule has 92 valence electrons. The van der Waals surface area contributed by atoms with Gasteiger partial charge in [-0.15, -0.1) is 0 Å². The van der Waals surface area contributed by atoms with Gasteiger partial charge in [-0.3, -0.25) is 4.98 Å². The van der Waals surface area contributed by atoms with E-state index < -0.39 is 5.97 Å². The van der Waals surface area contributed by atoms with Crippen LogP contribution in [0.1, 0.15) is 10.4 Å². The van der Waals surface area contributed by atoms with Crippen molar-refractivity contribution in [1.29, 1.82) is 0 Å². The molecule has 18 heavy (non-hydrogen) atoms. The first kappa shape index (κ1) is 12.5. The molecule has 0 saturated heterocycles. The normalized spacial score (nSPS) is 10.1. The smallest absolute Gasteiger partial charge is 0.339 e. The van der Waals surface area contributed by atoms with Gasteiger partial charge in [0, 0.05) is 23.9 Å². The molecule has 0 amide bonds. The average molecular weight is 308 g/mol. The van der Waals surface area contributed by atoms with Gasteiger partial charge >= 0.3 is 5.97 Å². The van der Waals surface area contributed by atoms with E-state index in [9.17, 15) is 9.90 Å². The molecule has 0 aliphatic carbocycles. The predicted octanol–water partition coefficient (Wildman–Crippen LogP) is 2.71. The number of hydrogen-bond acceptors (Lipinski definition) is 4. The van der Waals surface area contributed by atoms with Gasteiger partial charge in [0.25, 0.3) is 0 Å². The second-order valence-corrected chi connectivity index (χ2v) is 4.52. The Kier molecular flexibility index (Phi) is 3.57. The summed E-state index contributed by atoms with van der Waals surface area (Å²) >= 11 is 3.21. The number of halogens is 1. The van der Waals surface area contributed by atoms with Crippen molar-refractivity contribution in [3.63, 3.8) is 0 Å². The Morgan fingerprint density at radius 2 is 2.22 bits per heavy atom. The van der Waals surface area contributed by atoms with E-state index in [1.165, 1.54) is 6.07 Å². The summed E-state index contributed by atoms with van der Waals surface area (Å²) in [4.78, 5) is 21.0. The summed E-state index contributed by atoms with van der Waals surface area (Å²) in [6.07, 6.45) is 4.87. The van der Waals surface area contributed by atoms with E-state index in [2.05, 4.69) is 25.9 Å². The third-order valence-electron chi connectivity index (χ3n) is 2.41. The lowest BCUT2D eigenvalue weighted by molar-refractivity contribution is 0.0697. The van der Waals surface area contributed by atoms with Crippen LogP contribution in [0.15, 0.2) is 41.3 Å². The van der Waals surface area contributed by atoms with Crippen LogP contribution in [0.2, 0.25) is 0 Å². The molecule has 1 N–H and O–H groups in total. The zero-order valence-electron chi connectivity index (χ0n) is 9.54. The molecule has 5 nitrogen and oxygen atoms in total. The van der Waals surface area contributed by atoms with Gasteiger partial charge in [0.05, 0.1) is 11.9 Å². The summed E-state index contributed by atoms with van der Waals surface area (Å²) in [5.41, 5.74) is 0.908. The van der Waals surface area contributed by atoms with E-state index in [4.69, 9.17) is 0 Å². The zero-order valence-corrected chi connectivity index (χ0v) is 11.1. The van der Waals surface area contributed by atoms with Crippen molar-refractivity contribution in [2.45, 2.75) is 0 Å². The van der Waals surface area contributed by atoms with Crippen LogP contribution in [0.3, 0.4) is 0 Å². The first-order chi connectivity index (χ1) is 8.59. The molecule has 6 heteroatoms. The SMILES string of the molecule is CN(c1cccnc1)c1ncc(Br)cc1C(=O)O. The van der Waals surface area contributed by atoms with Gasteiger partial charge in [-0.25, -0.2) is 9.78 Å². The quantitative estimate of drug-likeness (QED) is 0.944. The van der Waals surface area contributed by atoms with Crippen molar-refractivity contribution in [3.05, 3.63) is 46.8 Å². The molecule has 2 heterocycles. The maximum absolute atomic E-state index is 11.2. The number of rotatable bonds is 3. The van der Waals surface area contributed by atoms with Gasteiger partial charge in [0.1, 0.15) is 11.4 Å². The number of carboxylic acids is 1. The second-order valence-electron chi connectivity index (χ2n) is 3.60. The van der Waals surface area contributed by atoms with Crippen molar-refractivity contribution >= 4 is 33.4 Å². The molecule has 0 saturated carbocycles. The molecule has 0 spiro atoms. The molecule has 0 aromatic carbocycles. The highest BCUT2D eigenvalue weighted by Crippen LogP contribution is 2.26. The number of aromatic nitrogens is 2. The zero-order chi connectivity index (χ0) is 13.1. The maximum Gasteiger partial charge on any atom is 0.339 e.